The Kier molecular flexibility index (Phi) is 4.61. The molecule has 4 aromatic carbocycles. The fourth-order valence-corrected chi connectivity index (χ4v) is 4.18. The van der Waals surface area contributed by atoms with Crippen molar-refractivity contribution in [2.45, 2.75) is 12.4 Å². The van der Waals surface area contributed by atoms with Gasteiger partial charge in [-0.2, -0.15) is 26.3 Å². The third-order valence-corrected chi connectivity index (χ3v) is 5.60. The van der Waals surface area contributed by atoms with Gasteiger partial charge in [-0.25, -0.2) is 0 Å². The van der Waals surface area contributed by atoms with E-state index >= 15 is 0 Å². The van der Waals surface area contributed by atoms with Gasteiger partial charge in [0.05, 0.1) is 11.1 Å². The zero-order chi connectivity index (χ0) is 21.0. The molecule has 0 amide bonds. The van der Waals surface area contributed by atoms with Gasteiger partial charge in [-0.05, 0) is 66.8 Å². The normalized spacial score (nSPS) is 12.7. The van der Waals surface area contributed by atoms with E-state index < -0.39 is 23.5 Å². The number of hydrogen-bond donors (Lipinski definition) is 0. The Morgan fingerprint density at radius 3 is 1.31 bits per heavy atom. The van der Waals surface area contributed by atoms with E-state index in [1.165, 1.54) is 0 Å². The molecular weight excluding hydrogens is 458 g/mol. The lowest BCUT2D eigenvalue weighted by molar-refractivity contribution is -0.143. The number of benzene rings is 4. The highest BCUT2D eigenvalue weighted by Gasteiger charge is 2.37. The van der Waals surface area contributed by atoms with Gasteiger partial charge in [0.2, 0.25) is 0 Å². The topological polar surface area (TPSA) is 0 Å². The molecule has 0 radical (unpaired) electrons. The highest BCUT2D eigenvalue weighted by molar-refractivity contribution is 9.10. The first-order valence-electron chi connectivity index (χ1n) is 8.46. The zero-order valence-corrected chi connectivity index (χ0v) is 16.1. The quantitative estimate of drug-likeness (QED) is 0.194. The van der Waals surface area contributed by atoms with Crippen LogP contribution in [0.5, 0.6) is 0 Å². The summed E-state index contributed by atoms with van der Waals surface area (Å²) in [4.78, 5) is 0. The van der Waals surface area contributed by atoms with Crippen molar-refractivity contribution >= 4 is 37.5 Å². The fourth-order valence-electron chi connectivity index (χ4n) is 3.49. The van der Waals surface area contributed by atoms with Crippen LogP contribution in [0.1, 0.15) is 11.1 Å². The Balaban J connectivity index is 2.18. The van der Waals surface area contributed by atoms with Crippen LogP contribution in [0.3, 0.4) is 0 Å². The summed E-state index contributed by atoms with van der Waals surface area (Å²) in [5, 5.41) is 2.52. The van der Waals surface area contributed by atoms with Crippen LogP contribution >= 0.6 is 15.9 Å². The predicted octanol–water partition coefficient (Wildman–Crippen LogP) is 8.46. The largest absolute Gasteiger partial charge is 0.416 e. The highest BCUT2D eigenvalue weighted by Crippen LogP contribution is 2.44. The van der Waals surface area contributed by atoms with Crippen LogP contribution < -0.4 is 0 Å². The molecule has 0 atom stereocenters. The van der Waals surface area contributed by atoms with E-state index in [-0.39, 0.29) is 11.6 Å². The molecule has 0 saturated carbocycles. The van der Waals surface area contributed by atoms with E-state index in [4.69, 9.17) is 0 Å². The van der Waals surface area contributed by atoms with E-state index in [0.717, 1.165) is 16.6 Å². The van der Waals surface area contributed by atoms with Crippen LogP contribution in [0.2, 0.25) is 0 Å². The molecule has 0 unspecified atom stereocenters. The van der Waals surface area contributed by atoms with Gasteiger partial charge in [-0.3, -0.25) is 0 Å². The molecule has 4 rings (SSSR count). The van der Waals surface area contributed by atoms with E-state index in [9.17, 15) is 26.3 Å². The third kappa shape index (κ3) is 3.48. The molecule has 0 saturated heterocycles. The van der Waals surface area contributed by atoms with E-state index in [0.29, 0.717) is 27.1 Å². The molecule has 0 aliphatic rings. The lowest BCUT2D eigenvalue weighted by Crippen LogP contribution is -2.11. The summed E-state index contributed by atoms with van der Waals surface area (Å²) in [6, 6.07) is 15.5. The molecule has 0 heterocycles. The minimum absolute atomic E-state index is 0.132. The minimum Gasteiger partial charge on any atom is -0.166 e. The molecule has 29 heavy (non-hydrogen) atoms. The summed E-state index contributed by atoms with van der Waals surface area (Å²) in [5.74, 6) is 0. The monoisotopic (exact) mass is 468 g/mol. The maximum absolute atomic E-state index is 13.4. The average molecular weight is 469 g/mol. The molecule has 0 spiro atoms. The maximum atomic E-state index is 13.4. The summed E-state index contributed by atoms with van der Waals surface area (Å²) >= 11 is 3.52. The molecule has 0 aromatic heterocycles. The van der Waals surface area contributed by atoms with Crippen molar-refractivity contribution in [2.75, 3.05) is 0 Å². The zero-order valence-electron chi connectivity index (χ0n) is 14.5. The Hall–Kier alpha value is -2.54. The van der Waals surface area contributed by atoms with Gasteiger partial charge in [0.15, 0.2) is 0 Å². The van der Waals surface area contributed by atoms with E-state index in [2.05, 4.69) is 15.9 Å². The summed E-state index contributed by atoms with van der Waals surface area (Å²) in [5.41, 5.74) is -2.47. The van der Waals surface area contributed by atoms with Crippen LogP contribution in [-0.4, -0.2) is 0 Å². The SMILES string of the molecule is FC(F)(F)c1cc(-c2c3ccccc3c(Br)c3ccccc23)cc(C(F)(F)F)c1. The third-order valence-electron chi connectivity index (χ3n) is 4.74. The molecule has 0 aliphatic heterocycles. The standard InChI is InChI=1S/C22H11BrF6/c23-20-17-7-3-1-5-15(17)19(16-6-2-4-8-18(16)20)12-9-13(21(24,25)26)11-14(10-12)22(27,28)29/h1-11H. The van der Waals surface area contributed by atoms with Crippen molar-refractivity contribution in [2.24, 2.45) is 0 Å². The van der Waals surface area contributed by atoms with Crippen molar-refractivity contribution in [3.05, 3.63) is 82.3 Å². The molecular formula is C22H11BrF6. The van der Waals surface area contributed by atoms with Crippen LogP contribution in [0.25, 0.3) is 32.7 Å². The lowest BCUT2D eigenvalue weighted by Gasteiger charge is -2.18. The van der Waals surface area contributed by atoms with Crippen LogP contribution in [0.15, 0.2) is 71.2 Å². The van der Waals surface area contributed by atoms with E-state index in [1.54, 1.807) is 48.5 Å². The first kappa shape index (κ1) is 19.8. The van der Waals surface area contributed by atoms with Gasteiger partial charge in [-0.15, -0.1) is 0 Å². The summed E-state index contributed by atoms with van der Waals surface area (Å²) in [6.45, 7) is 0. The summed E-state index contributed by atoms with van der Waals surface area (Å²) in [6.07, 6.45) is -9.81. The first-order valence-corrected chi connectivity index (χ1v) is 9.25. The second kappa shape index (κ2) is 6.76. The predicted molar refractivity (Wildman–Crippen MR) is 105 cm³/mol. The number of rotatable bonds is 1. The van der Waals surface area contributed by atoms with Crippen molar-refractivity contribution in [3.63, 3.8) is 0 Å². The lowest BCUT2D eigenvalue weighted by atomic mass is 9.90. The van der Waals surface area contributed by atoms with Gasteiger partial charge < -0.3 is 0 Å². The molecule has 148 valence electrons. The average Bonchev–Trinajstić information content (AvgIpc) is 2.67. The molecule has 0 aliphatic carbocycles. The van der Waals surface area contributed by atoms with E-state index in [1.807, 2.05) is 0 Å². The van der Waals surface area contributed by atoms with Crippen molar-refractivity contribution in [1.82, 2.24) is 0 Å². The van der Waals surface area contributed by atoms with Gasteiger partial charge in [-0.1, -0.05) is 48.5 Å². The first-order chi connectivity index (χ1) is 13.6. The van der Waals surface area contributed by atoms with Crippen LogP contribution in [0.4, 0.5) is 26.3 Å². The summed E-state index contributed by atoms with van der Waals surface area (Å²) < 4.78 is 80.9. The molecule has 0 fully saturated rings. The van der Waals surface area contributed by atoms with Crippen LogP contribution in [-0.2, 0) is 12.4 Å². The Bertz CT molecular complexity index is 1150. The van der Waals surface area contributed by atoms with Gasteiger partial charge in [0.1, 0.15) is 0 Å². The number of fused-ring (bicyclic) bond motifs is 2. The number of alkyl halides is 6. The van der Waals surface area contributed by atoms with Gasteiger partial charge in [0, 0.05) is 4.47 Å². The molecule has 0 bridgehead atoms. The fraction of sp³-hybridized carbons (Fsp3) is 0.0909. The molecule has 7 heteroatoms. The Labute approximate surface area is 169 Å². The molecule has 0 nitrogen and oxygen atoms in total. The molecule has 0 N–H and O–H groups in total. The number of hydrogen-bond acceptors (Lipinski definition) is 0. The smallest absolute Gasteiger partial charge is 0.166 e. The Morgan fingerprint density at radius 1 is 0.552 bits per heavy atom. The van der Waals surface area contributed by atoms with Crippen molar-refractivity contribution < 1.29 is 26.3 Å². The summed E-state index contributed by atoms with van der Waals surface area (Å²) in [7, 11) is 0. The second-order valence-corrected chi connectivity index (χ2v) is 7.37. The van der Waals surface area contributed by atoms with Crippen molar-refractivity contribution in [1.29, 1.82) is 0 Å². The number of halogens is 7. The van der Waals surface area contributed by atoms with Crippen molar-refractivity contribution in [3.8, 4) is 11.1 Å². The Morgan fingerprint density at radius 2 is 0.931 bits per heavy atom. The molecule has 4 aromatic rings. The van der Waals surface area contributed by atoms with Gasteiger partial charge >= 0.3 is 12.4 Å². The maximum Gasteiger partial charge on any atom is 0.416 e. The van der Waals surface area contributed by atoms with Crippen LogP contribution in [0, 0.1) is 0 Å². The van der Waals surface area contributed by atoms with Gasteiger partial charge in [0.25, 0.3) is 0 Å². The second-order valence-electron chi connectivity index (χ2n) is 6.57. The minimum atomic E-state index is -4.91. The highest BCUT2D eigenvalue weighted by atomic mass is 79.9.